The number of ether oxygens (including phenoxy) is 1. The summed E-state index contributed by atoms with van der Waals surface area (Å²) in [7, 11) is -7.53. The van der Waals surface area contributed by atoms with Gasteiger partial charge >= 0.3 is 0 Å². The maximum atomic E-state index is 12.2. The molecule has 2 aliphatic rings. The van der Waals surface area contributed by atoms with Gasteiger partial charge in [0.1, 0.15) is 10.9 Å². The summed E-state index contributed by atoms with van der Waals surface area (Å²) in [5.41, 5.74) is -0.316. The SMILES string of the molecule is Cc1ccc(S(=O)(=O)OC[C@H]2C[C@H]3[C@](CO)(CNS3(=O)=O)O2)cc1. The first-order valence-corrected chi connectivity index (χ1v) is 10.4. The Bertz CT molecular complexity index is 819. The van der Waals surface area contributed by atoms with E-state index in [1.54, 1.807) is 12.1 Å². The van der Waals surface area contributed by atoms with Crippen molar-refractivity contribution in [2.45, 2.75) is 35.2 Å². The number of aryl methyl sites for hydroxylation is 1. The Kier molecular flexibility index (Phi) is 4.47. The Labute approximate surface area is 141 Å². The Morgan fingerprint density at radius 2 is 2.04 bits per heavy atom. The van der Waals surface area contributed by atoms with Gasteiger partial charge in [-0.2, -0.15) is 8.42 Å². The summed E-state index contributed by atoms with van der Waals surface area (Å²) in [5, 5.41) is 8.61. The minimum atomic E-state index is -3.95. The number of fused-ring (bicyclic) bond motifs is 1. The van der Waals surface area contributed by atoms with Crippen molar-refractivity contribution in [2.24, 2.45) is 0 Å². The molecule has 2 heterocycles. The summed E-state index contributed by atoms with van der Waals surface area (Å²) >= 11 is 0. The van der Waals surface area contributed by atoms with Gasteiger partial charge in [-0.15, -0.1) is 0 Å². The van der Waals surface area contributed by atoms with E-state index in [2.05, 4.69) is 4.72 Å². The molecule has 2 saturated heterocycles. The normalized spacial score (nSPS) is 31.9. The number of aliphatic hydroxyl groups excluding tert-OH is 1. The molecule has 1 aromatic carbocycles. The zero-order valence-electron chi connectivity index (χ0n) is 13.0. The Hall–Kier alpha value is -1.04. The van der Waals surface area contributed by atoms with Gasteiger partial charge in [0, 0.05) is 6.54 Å². The number of sulfonamides is 1. The first kappa shape index (κ1) is 17.8. The van der Waals surface area contributed by atoms with E-state index >= 15 is 0 Å². The molecule has 10 heteroatoms. The first-order chi connectivity index (χ1) is 11.2. The van der Waals surface area contributed by atoms with Crippen molar-refractivity contribution in [1.29, 1.82) is 0 Å². The summed E-state index contributed by atoms with van der Waals surface area (Å²) in [6.07, 6.45) is -0.654. The molecule has 0 saturated carbocycles. The molecule has 0 aromatic heterocycles. The monoisotopic (exact) mass is 377 g/mol. The number of nitrogens with one attached hydrogen (secondary N) is 1. The molecule has 134 valence electrons. The molecule has 3 rings (SSSR count). The highest BCUT2D eigenvalue weighted by molar-refractivity contribution is 7.90. The van der Waals surface area contributed by atoms with E-state index in [0.29, 0.717) is 0 Å². The summed E-state index contributed by atoms with van der Waals surface area (Å²) in [6, 6.07) is 6.20. The molecule has 2 aliphatic heterocycles. The maximum absolute atomic E-state index is 12.2. The van der Waals surface area contributed by atoms with E-state index in [9.17, 15) is 21.9 Å². The number of hydrogen-bond acceptors (Lipinski definition) is 7. The number of rotatable bonds is 5. The van der Waals surface area contributed by atoms with E-state index in [1.807, 2.05) is 6.92 Å². The average molecular weight is 377 g/mol. The lowest BCUT2D eigenvalue weighted by molar-refractivity contribution is -0.0734. The van der Waals surface area contributed by atoms with Gasteiger partial charge in [-0.05, 0) is 25.5 Å². The molecule has 24 heavy (non-hydrogen) atoms. The van der Waals surface area contributed by atoms with Crippen molar-refractivity contribution >= 4 is 20.1 Å². The van der Waals surface area contributed by atoms with Crippen LogP contribution in [0.1, 0.15) is 12.0 Å². The summed E-state index contributed by atoms with van der Waals surface area (Å²) < 4.78 is 61.2. The fraction of sp³-hybridized carbons (Fsp3) is 0.571. The van der Waals surface area contributed by atoms with E-state index in [4.69, 9.17) is 8.92 Å². The third kappa shape index (κ3) is 3.09. The summed E-state index contributed by atoms with van der Waals surface area (Å²) in [4.78, 5) is 0.0254. The fourth-order valence-electron chi connectivity index (χ4n) is 3.03. The molecule has 2 N–H and O–H groups in total. The van der Waals surface area contributed by atoms with Gasteiger partial charge in [0.15, 0.2) is 0 Å². The Morgan fingerprint density at radius 3 is 2.62 bits per heavy atom. The zero-order chi connectivity index (χ0) is 17.6. The highest BCUT2D eigenvalue weighted by Gasteiger charge is 2.59. The van der Waals surface area contributed by atoms with Gasteiger partial charge in [0.25, 0.3) is 10.1 Å². The van der Waals surface area contributed by atoms with Gasteiger partial charge < -0.3 is 9.84 Å². The minimum Gasteiger partial charge on any atom is -0.393 e. The standard InChI is InChI=1S/C14H19NO7S2/c1-10-2-4-12(5-3-10)24(19,20)21-7-11-6-13-14(9-16,22-11)8-15-23(13,17)18/h2-5,11,13,15-16H,6-9H2,1H3/t11-,13+,14-/m1/s1. The van der Waals surface area contributed by atoms with Gasteiger partial charge in [-0.3, -0.25) is 4.18 Å². The molecule has 0 amide bonds. The van der Waals surface area contributed by atoms with Gasteiger partial charge in [-0.1, -0.05) is 17.7 Å². The van der Waals surface area contributed by atoms with Crippen LogP contribution in [0, 0.1) is 6.92 Å². The van der Waals surface area contributed by atoms with E-state index < -0.39 is 43.7 Å². The highest BCUT2D eigenvalue weighted by atomic mass is 32.2. The minimum absolute atomic E-state index is 0.0254. The van der Waals surface area contributed by atoms with Crippen LogP contribution in [0.25, 0.3) is 0 Å². The molecule has 0 bridgehead atoms. The Balaban J connectivity index is 1.69. The number of hydrogen-bond donors (Lipinski definition) is 2. The van der Waals surface area contributed by atoms with Crippen LogP contribution in [0.4, 0.5) is 0 Å². The number of aliphatic hydroxyl groups is 1. The van der Waals surface area contributed by atoms with E-state index in [1.165, 1.54) is 12.1 Å². The second-order valence-corrected chi connectivity index (χ2v) is 9.67. The predicted octanol–water partition coefficient (Wildman–Crippen LogP) is -0.478. The van der Waals surface area contributed by atoms with Crippen molar-refractivity contribution in [1.82, 2.24) is 4.72 Å². The maximum Gasteiger partial charge on any atom is 0.297 e. The third-order valence-electron chi connectivity index (χ3n) is 4.40. The van der Waals surface area contributed by atoms with Crippen LogP contribution in [-0.2, 0) is 29.1 Å². The van der Waals surface area contributed by atoms with Crippen molar-refractivity contribution in [3.8, 4) is 0 Å². The molecule has 2 fully saturated rings. The Morgan fingerprint density at radius 1 is 1.38 bits per heavy atom. The predicted molar refractivity (Wildman–Crippen MR) is 84.3 cm³/mol. The van der Waals surface area contributed by atoms with Crippen molar-refractivity contribution in [3.63, 3.8) is 0 Å². The second-order valence-electron chi connectivity index (χ2n) is 6.10. The summed E-state index contributed by atoms with van der Waals surface area (Å²) in [6.45, 7) is 1.04. The molecule has 0 unspecified atom stereocenters. The molecular weight excluding hydrogens is 358 g/mol. The lowest BCUT2D eigenvalue weighted by Crippen LogP contribution is -2.43. The molecular formula is C14H19NO7S2. The third-order valence-corrected chi connectivity index (χ3v) is 7.61. The fourth-order valence-corrected chi connectivity index (χ4v) is 5.86. The van der Waals surface area contributed by atoms with Crippen LogP contribution < -0.4 is 4.72 Å². The first-order valence-electron chi connectivity index (χ1n) is 7.42. The van der Waals surface area contributed by atoms with Gasteiger partial charge in [0.05, 0.1) is 24.2 Å². The lowest BCUT2D eigenvalue weighted by atomic mass is 10.0. The molecule has 0 spiro atoms. The van der Waals surface area contributed by atoms with Crippen LogP contribution >= 0.6 is 0 Å². The molecule has 0 aliphatic carbocycles. The zero-order valence-corrected chi connectivity index (χ0v) is 14.6. The van der Waals surface area contributed by atoms with Gasteiger partial charge in [-0.25, -0.2) is 13.1 Å². The van der Waals surface area contributed by atoms with Crippen molar-refractivity contribution in [2.75, 3.05) is 19.8 Å². The average Bonchev–Trinajstić information content (AvgIpc) is 3.02. The number of benzene rings is 1. The summed E-state index contributed by atoms with van der Waals surface area (Å²) in [5.74, 6) is 0. The van der Waals surface area contributed by atoms with Crippen LogP contribution in [0.15, 0.2) is 29.2 Å². The highest BCUT2D eigenvalue weighted by Crippen LogP contribution is 2.39. The van der Waals surface area contributed by atoms with Crippen LogP contribution in [-0.4, -0.2) is 58.7 Å². The van der Waals surface area contributed by atoms with E-state index in [0.717, 1.165) is 5.56 Å². The molecule has 8 nitrogen and oxygen atoms in total. The van der Waals surface area contributed by atoms with Crippen molar-refractivity contribution < 1.29 is 30.9 Å². The van der Waals surface area contributed by atoms with Gasteiger partial charge in [0.2, 0.25) is 10.0 Å². The quantitative estimate of drug-likeness (QED) is 0.665. The molecule has 3 atom stereocenters. The lowest BCUT2D eigenvalue weighted by Gasteiger charge is -2.24. The van der Waals surface area contributed by atoms with E-state index in [-0.39, 0.29) is 24.5 Å². The van der Waals surface area contributed by atoms with Crippen molar-refractivity contribution in [3.05, 3.63) is 29.8 Å². The van der Waals surface area contributed by atoms with Crippen LogP contribution in [0.5, 0.6) is 0 Å². The smallest absolute Gasteiger partial charge is 0.297 e. The second kappa shape index (κ2) is 6.04. The largest absolute Gasteiger partial charge is 0.393 e. The topological polar surface area (TPSA) is 119 Å². The molecule has 1 aromatic rings. The van der Waals surface area contributed by atoms with Crippen LogP contribution in [0.2, 0.25) is 0 Å². The van der Waals surface area contributed by atoms with Crippen LogP contribution in [0.3, 0.4) is 0 Å². The molecule has 0 radical (unpaired) electrons.